The van der Waals surface area contributed by atoms with Gasteiger partial charge in [-0.1, -0.05) is 36.4 Å². The monoisotopic (exact) mass is 296 g/mol. The molecule has 118 valence electrons. The molecule has 0 bridgehead atoms. The summed E-state index contributed by atoms with van der Waals surface area (Å²) in [6.45, 7) is 13.2. The van der Waals surface area contributed by atoms with Crippen LogP contribution in [-0.4, -0.2) is 11.1 Å². The number of aryl methyl sites for hydroxylation is 2. The van der Waals surface area contributed by atoms with Crippen LogP contribution in [0.3, 0.4) is 0 Å². The highest BCUT2D eigenvalue weighted by atomic mass is 15.1. The van der Waals surface area contributed by atoms with Gasteiger partial charge < -0.3 is 10.6 Å². The molecule has 0 saturated heterocycles. The molecule has 0 fully saturated rings. The second-order valence-electron chi connectivity index (χ2n) is 7.13. The molecule has 0 heterocycles. The van der Waals surface area contributed by atoms with E-state index in [1.54, 1.807) is 0 Å². The Morgan fingerprint density at radius 1 is 0.591 bits per heavy atom. The minimum absolute atomic E-state index is 0.124. The van der Waals surface area contributed by atoms with Crippen molar-refractivity contribution in [1.82, 2.24) is 0 Å². The minimum Gasteiger partial charge on any atom is -0.378 e. The number of nitrogens with one attached hydrogen (secondary N) is 2. The third-order valence-corrected chi connectivity index (χ3v) is 4.75. The van der Waals surface area contributed by atoms with Crippen molar-refractivity contribution < 1.29 is 0 Å². The molecule has 0 aliphatic rings. The molecule has 2 rings (SSSR count). The van der Waals surface area contributed by atoms with E-state index in [0.29, 0.717) is 0 Å². The lowest BCUT2D eigenvalue weighted by Gasteiger charge is -2.44. The molecular weight excluding hydrogens is 268 g/mol. The van der Waals surface area contributed by atoms with Crippen LogP contribution in [0.25, 0.3) is 0 Å². The average molecular weight is 296 g/mol. The first-order valence-corrected chi connectivity index (χ1v) is 7.90. The van der Waals surface area contributed by atoms with Crippen molar-refractivity contribution in [3.05, 3.63) is 59.7 Å². The van der Waals surface area contributed by atoms with Crippen molar-refractivity contribution in [2.45, 2.75) is 52.6 Å². The fraction of sp³-hybridized carbons (Fsp3) is 0.400. The van der Waals surface area contributed by atoms with Crippen LogP contribution in [0, 0.1) is 13.8 Å². The zero-order valence-electron chi connectivity index (χ0n) is 14.6. The summed E-state index contributed by atoms with van der Waals surface area (Å²) in [5.41, 5.74) is 4.66. The van der Waals surface area contributed by atoms with Crippen LogP contribution >= 0.6 is 0 Å². The molecule has 22 heavy (non-hydrogen) atoms. The molecule has 0 spiro atoms. The van der Waals surface area contributed by atoms with E-state index in [4.69, 9.17) is 0 Å². The first-order chi connectivity index (χ1) is 10.2. The highest BCUT2D eigenvalue weighted by Crippen LogP contribution is 2.31. The van der Waals surface area contributed by atoms with Crippen LogP contribution in [-0.2, 0) is 0 Å². The van der Waals surface area contributed by atoms with Crippen LogP contribution in [0.2, 0.25) is 0 Å². The van der Waals surface area contributed by atoms with Gasteiger partial charge in [0.2, 0.25) is 0 Å². The number of para-hydroxylation sites is 2. The van der Waals surface area contributed by atoms with Crippen molar-refractivity contribution in [3.8, 4) is 0 Å². The fourth-order valence-electron chi connectivity index (χ4n) is 2.41. The highest BCUT2D eigenvalue weighted by molar-refractivity contribution is 5.56. The molecule has 0 atom stereocenters. The predicted molar refractivity (Wildman–Crippen MR) is 97.8 cm³/mol. The Morgan fingerprint density at radius 3 is 1.23 bits per heavy atom. The lowest BCUT2D eigenvalue weighted by Crippen LogP contribution is -2.56. The fourth-order valence-corrected chi connectivity index (χ4v) is 2.41. The number of hydrogen-bond acceptors (Lipinski definition) is 2. The van der Waals surface area contributed by atoms with Gasteiger partial charge >= 0.3 is 0 Å². The first kappa shape index (κ1) is 16.4. The van der Waals surface area contributed by atoms with E-state index in [2.05, 4.69) is 101 Å². The number of benzene rings is 2. The van der Waals surface area contributed by atoms with E-state index in [9.17, 15) is 0 Å². The van der Waals surface area contributed by atoms with Gasteiger partial charge in [0.25, 0.3) is 0 Å². The van der Waals surface area contributed by atoms with Crippen LogP contribution < -0.4 is 10.6 Å². The van der Waals surface area contributed by atoms with Gasteiger partial charge in [-0.05, 0) is 64.8 Å². The number of hydrogen-bond donors (Lipinski definition) is 2. The molecule has 0 unspecified atom stereocenters. The number of rotatable bonds is 5. The van der Waals surface area contributed by atoms with Crippen LogP contribution in [0.15, 0.2) is 48.5 Å². The Morgan fingerprint density at radius 2 is 0.909 bits per heavy atom. The van der Waals surface area contributed by atoms with E-state index >= 15 is 0 Å². The summed E-state index contributed by atoms with van der Waals surface area (Å²) >= 11 is 0. The standard InChI is InChI=1S/C20H28N2/c1-15-11-7-9-13-17(15)21-19(3,4)20(5,6)22-18-14-10-8-12-16(18)2/h7-14,21-22H,1-6H3. The van der Waals surface area contributed by atoms with E-state index in [-0.39, 0.29) is 11.1 Å². The Kier molecular flexibility index (Phi) is 4.50. The third kappa shape index (κ3) is 3.44. The van der Waals surface area contributed by atoms with Gasteiger partial charge in [-0.2, -0.15) is 0 Å². The van der Waals surface area contributed by atoms with Gasteiger partial charge in [-0.3, -0.25) is 0 Å². The maximum Gasteiger partial charge on any atom is 0.0541 e. The minimum atomic E-state index is -0.124. The SMILES string of the molecule is Cc1ccccc1NC(C)(C)C(C)(C)Nc1ccccc1C. The van der Waals surface area contributed by atoms with Gasteiger partial charge in [-0.15, -0.1) is 0 Å². The van der Waals surface area contributed by atoms with E-state index in [1.807, 2.05) is 0 Å². The van der Waals surface area contributed by atoms with Gasteiger partial charge in [0.15, 0.2) is 0 Å². The first-order valence-electron chi connectivity index (χ1n) is 7.90. The second kappa shape index (κ2) is 6.04. The van der Waals surface area contributed by atoms with Crippen LogP contribution in [0.4, 0.5) is 11.4 Å². The van der Waals surface area contributed by atoms with Crippen molar-refractivity contribution in [3.63, 3.8) is 0 Å². The summed E-state index contributed by atoms with van der Waals surface area (Å²) in [7, 11) is 0. The topological polar surface area (TPSA) is 24.1 Å². The van der Waals surface area contributed by atoms with Gasteiger partial charge in [0.05, 0.1) is 11.1 Å². The summed E-state index contributed by atoms with van der Waals surface area (Å²) in [5, 5.41) is 7.41. The van der Waals surface area contributed by atoms with E-state index < -0.39 is 0 Å². The second-order valence-corrected chi connectivity index (χ2v) is 7.13. The molecule has 2 aromatic rings. The molecule has 0 aromatic heterocycles. The van der Waals surface area contributed by atoms with Gasteiger partial charge in [-0.25, -0.2) is 0 Å². The highest BCUT2D eigenvalue weighted by Gasteiger charge is 2.37. The molecule has 0 amide bonds. The maximum atomic E-state index is 3.70. The predicted octanol–water partition coefficient (Wildman–Crippen LogP) is 5.38. The molecule has 2 aromatic carbocycles. The van der Waals surface area contributed by atoms with E-state index in [1.165, 1.54) is 22.5 Å². The molecule has 0 aliphatic carbocycles. The van der Waals surface area contributed by atoms with Crippen LogP contribution in [0.5, 0.6) is 0 Å². The Hall–Kier alpha value is -1.96. The smallest absolute Gasteiger partial charge is 0.0541 e. The van der Waals surface area contributed by atoms with Gasteiger partial charge in [0.1, 0.15) is 0 Å². The van der Waals surface area contributed by atoms with Crippen molar-refractivity contribution in [2.24, 2.45) is 0 Å². The Balaban J connectivity index is 2.23. The molecule has 0 radical (unpaired) electrons. The lowest BCUT2D eigenvalue weighted by atomic mass is 9.81. The quantitative estimate of drug-likeness (QED) is 0.773. The Labute approximate surface area is 135 Å². The van der Waals surface area contributed by atoms with E-state index in [0.717, 1.165) is 0 Å². The summed E-state index contributed by atoms with van der Waals surface area (Å²) in [6.07, 6.45) is 0. The molecular formula is C20H28N2. The summed E-state index contributed by atoms with van der Waals surface area (Å²) in [4.78, 5) is 0. The van der Waals surface area contributed by atoms with Crippen LogP contribution in [0.1, 0.15) is 38.8 Å². The van der Waals surface area contributed by atoms with Crippen molar-refractivity contribution in [2.75, 3.05) is 10.6 Å². The molecule has 2 nitrogen and oxygen atoms in total. The zero-order valence-corrected chi connectivity index (χ0v) is 14.6. The maximum absolute atomic E-state index is 3.70. The zero-order chi connectivity index (χ0) is 16.4. The summed E-state index contributed by atoms with van der Waals surface area (Å²) in [6, 6.07) is 16.9. The summed E-state index contributed by atoms with van der Waals surface area (Å²) < 4.78 is 0. The Bertz CT molecular complexity index is 584. The van der Waals surface area contributed by atoms with Crippen molar-refractivity contribution >= 4 is 11.4 Å². The lowest BCUT2D eigenvalue weighted by molar-refractivity contribution is 0.366. The number of anilines is 2. The van der Waals surface area contributed by atoms with Crippen molar-refractivity contribution in [1.29, 1.82) is 0 Å². The third-order valence-electron chi connectivity index (χ3n) is 4.75. The molecule has 0 saturated carbocycles. The molecule has 2 N–H and O–H groups in total. The summed E-state index contributed by atoms with van der Waals surface area (Å²) in [5.74, 6) is 0. The largest absolute Gasteiger partial charge is 0.378 e. The molecule has 0 aliphatic heterocycles. The normalized spacial score (nSPS) is 12.1. The average Bonchev–Trinajstić information content (AvgIpc) is 2.43. The van der Waals surface area contributed by atoms with Gasteiger partial charge in [0, 0.05) is 11.4 Å². The molecule has 2 heteroatoms.